The van der Waals surface area contributed by atoms with E-state index in [1.807, 2.05) is 11.8 Å². The summed E-state index contributed by atoms with van der Waals surface area (Å²) in [5.41, 5.74) is 3.10. The SMILES string of the molecule is Cc1ccc(S(=O)(=O)NNC(=O)c2cc(Cl)ccc2Cl)cc1. The molecule has 0 bridgehead atoms. The van der Waals surface area contributed by atoms with Crippen LogP contribution in [0.5, 0.6) is 0 Å². The molecule has 2 aromatic rings. The smallest absolute Gasteiger partial charge is 0.267 e. The van der Waals surface area contributed by atoms with Gasteiger partial charge in [-0.1, -0.05) is 40.9 Å². The highest BCUT2D eigenvalue weighted by molar-refractivity contribution is 7.89. The van der Waals surface area contributed by atoms with E-state index in [9.17, 15) is 13.2 Å². The van der Waals surface area contributed by atoms with Crippen molar-refractivity contribution in [2.45, 2.75) is 11.8 Å². The highest BCUT2D eigenvalue weighted by Gasteiger charge is 2.17. The molecule has 8 heteroatoms. The van der Waals surface area contributed by atoms with Crippen LogP contribution in [0.4, 0.5) is 0 Å². The second-order valence-corrected chi connectivity index (χ2v) is 7.02. The molecule has 2 rings (SSSR count). The van der Waals surface area contributed by atoms with Gasteiger partial charge in [0.25, 0.3) is 15.9 Å². The zero-order chi connectivity index (χ0) is 16.3. The molecule has 0 saturated carbocycles. The molecular formula is C14H12Cl2N2O3S. The topological polar surface area (TPSA) is 75.3 Å². The molecule has 5 nitrogen and oxygen atoms in total. The first kappa shape index (κ1) is 16.8. The van der Waals surface area contributed by atoms with Gasteiger partial charge in [0, 0.05) is 5.02 Å². The van der Waals surface area contributed by atoms with Gasteiger partial charge in [0.1, 0.15) is 0 Å². The Balaban J connectivity index is 2.13. The lowest BCUT2D eigenvalue weighted by Crippen LogP contribution is -2.41. The van der Waals surface area contributed by atoms with Gasteiger partial charge in [0.15, 0.2) is 0 Å². The molecule has 0 saturated heterocycles. The van der Waals surface area contributed by atoms with E-state index in [2.05, 4.69) is 5.43 Å². The fourth-order valence-corrected chi connectivity index (χ4v) is 2.84. The fourth-order valence-electron chi connectivity index (χ4n) is 1.63. The van der Waals surface area contributed by atoms with Crippen molar-refractivity contribution in [3.05, 3.63) is 63.6 Å². The first-order valence-electron chi connectivity index (χ1n) is 6.13. The van der Waals surface area contributed by atoms with Crippen molar-refractivity contribution >= 4 is 39.1 Å². The molecule has 2 aromatic carbocycles. The summed E-state index contributed by atoms with van der Waals surface area (Å²) < 4.78 is 24.1. The molecular weight excluding hydrogens is 347 g/mol. The molecule has 1 amide bonds. The summed E-state index contributed by atoms with van der Waals surface area (Å²) in [5, 5.41) is 0.479. The van der Waals surface area contributed by atoms with Gasteiger partial charge in [0.2, 0.25) is 0 Å². The van der Waals surface area contributed by atoms with Crippen LogP contribution >= 0.6 is 23.2 Å². The van der Waals surface area contributed by atoms with E-state index in [0.717, 1.165) is 5.56 Å². The number of carbonyl (C=O) groups is 1. The van der Waals surface area contributed by atoms with E-state index < -0.39 is 15.9 Å². The maximum Gasteiger partial charge on any atom is 0.267 e. The molecule has 0 heterocycles. The zero-order valence-corrected chi connectivity index (χ0v) is 13.8. The molecule has 0 aliphatic carbocycles. The number of carbonyl (C=O) groups excluding carboxylic acids is 1. The summed E-state index contributed by atoms with van der Waals surface area (Å²) in [6.45, 7) is 1.84. The highest BCUT2D eigenvalue weighted by Crippen LogP contribution is 2.20. The highest BCUT2D eigenvalue weighted by atomic mass is 35.5. The summed E-state index contributed by atoms with van der Waals surface area (Å²) in [6, 6.07) is 10.5. The predicted molar refractivity (Wildman–Crippen MR) is 85.4 cm³/mol. The van der Waals surface area contributed by atoms with Crippen molar-refractivity contribution in [3.8, 4) is 0 Å². The number of hydrogen-bond donors (Lipinski definition) is 2. The van der Waals surface area contributed by atoms with Gasteiger partial charge in [-0.2, -0.15) is 0 Å². The minimum Gasteiger partial charge on any atom is -0.273 e. The van der Waals surface area contributed by atoms with Gasteiger partial charge in [-0.15, -0.1) is 4.83 Å². The van der Waals surface area contributed by atoms with Gasteiger partial charge in [-0.25, -0.2) is 8.42 Å². The lowest BCUT2D eigenvalue weighted by Gasteiger charge is -2.09. The van der Waals surface area contributed by atoms with Crippen LogP contribution < -0.4 is 10.3 Å². The van der Waals surface area contributed by atoms with Gasteiger partial charge in [0.05, 0.1) is 15.5 Å². The molecule has 0 spiro atoms. The average molecular weight is 359 g/mol. The van der Waals surface area contributed by atoms with E-state index >= 15 is 0 Å². The molecule has 2 N–H and O–H groups in total. The van der Waals surface area contributed by atoms with Gasteiger partial charge in [-0.05, 0) is 37.3 Å². The molecule has 0 aliphatic heterocycles. The van der Waals surface area contributed by atoms with Crippen molar-refractivity contribution in [1.29, 1.82) is 0 Å². The number of rotatable bonds is 4. The first-order valence-corrected chi connectivity index (χ1v) is 8.37. The Morgan fingerprint density at radius 2 is 1.68 bits per heavy atom. The summed E-state index contributed by atoms with van der Waals surface area (Å²) >= 11 is 11.7. The van der Waals surface area contributed by atoms with Crippen molar-refractivity contribution < 1.29 is 13.2 Å². The molecule has 0 fully saturated rings. The molecule has 116 valence electrons. The third-order valence-corrected chi connectivity index (χ3v) is 4.63. The Hall–Kier alpha value is -1.60. The second-order valence-electron chi connectivity index (χ2n) is 4.50. The van der Waals surface area contributed by atoms with Crippen LogP contribution in [0, 0.1) is 6.92 Å². The lowest BCUT2D eigenvalue weighted by molar-refractivity contribution is 0.0945. The van der Waals surface area contributed by atoms with E-state index in [4.69, 9.17) is 23.2 Å². The normalized spacial score (nSPS) is 11.2. The first-order chi connectivity index (χ1) is 10.3. The number of amides is 1. The standard InChI is InChI=1S/C14H12Cl2N2O3S/c1-9-2-5-11(6-3-9)22(20,21)18-17-14(19)12-8-10(15)4-7-13(12)16/h2-8,18H,1H3,(H,17,19). The Kier molecular flexibility index (Phi) is 5.08. The minimum atomic E-state index is -3.86. The maximum absolute atomic E-state index is 12.0. The maximum atomic E-state index is 12.0. The average Bonchev–Trinajstić information content (AvgIpc) is 2.48. The molecule has 0 atom stereocenters. The van der Waals surface area contributed by atoms with E-state index in [1.165, 1.54) is 30.3 Å². The Labute approximate surface area is 138 Å². The predicted octanol–water partition coefficient (Wildman–Crippen LogP) is 2.93. The van der Waals surface area contributed by atoms with E-state index in [1.54, 1.807) is 12.1 Å². The number of aryl methyl sites for hydroxylation is 1. The van der Waals surface area contributed by atoms with E-state index in [0.29, 0.717) is 5.02 Å². The van der Waals surface area contributed by atoms with Gasteiger partial charge >= 0.3 is 0 Å². The van der Waals surface area contributed by atoms with Crippen LogP contribution in [-0.4, -0.2) is 14.3 Å². The Morgan fingerprint density at radius 3 is 2.32 bits per heavy atom. The summed E-state index contributed by atoms with van der Waals surface area (Å²) in [6.07, 6.45) is 0. The Morgan fingerprint density at radius 1 is 1.05 bits per heavy atom. The van der Waals surface area contributed by atoms with Crippen LogP contribution in [0.2, 0.25) is 10.0 Å². The van der Waals surface area contributed by atoms with Crippen molar-refractivity contribution in [2.24, 2.45) is 0 Å². The lowest BCUT2D eigenvalue weighted by atomic mass is 10.2. The number of sulfonamides is 1. The van der Waals surface area contributed by atoms with Gasteiger partial charge < -0.3 is 0 Å². The number of hydrazine groups is 1. The van der Waals surface area contributed by atoms with Crippen molar-refractivity contribution in [3.63, 3.8) is 0 Å². The molecule has 0 aliphatic rings. The van der Waals surface area contributed by atoms with Crippen LogP contribution in [0.1, 0.15) is 15.9 Å². The summed E-state index contributed by atoms with van der Waals surface area (Å²) in [4.78, 5) is 14.0. The second kappa shape index (κ2) is 6.66. The number of nitrogens with one attached hydrogen (secondary N) is 2. The third-order valence-electron chi connectivity index (χ3n) is 2.80. The van der Waals surface area contributed by atoms with Crippen molar-refractivity contribution in [2.75, 3.05) is 0 Å². The summed E-state index contributed by atoms with van der Waals surface area (Å²) in [5.74, 6) is -0.705. The van der Waals surface area contributed by atoms with Crippen LogP contribution in [-0.2, 0) is 10.0 Å². The third kappa shape index (κ3) is 3.98. The monoisotopic (exact) mass is 358 g/mol. The molecule has 0 aromatic heterocycles. The van der Waals surface area contributed by atoms with Gasteiger partial charge in [-0.3, -0.25) is 10.2 Å². The molecule has 0 unspecified atom stereocenters. The molecule has 22 heavy (non-hydrogen) atoms. The molecule has 0 radical (unpaired) electrons. The van der Waals surface area contributed by atoms with E-state index in [-0.39, 0.29) is 15.5 Å². The van der Waals surface area contributed by atoms with Crippen LogP contribution in [0.3, 0.4) is 0 Å². The fraction of sp³-hybridized carbons (Fsp3) is 0.0714. The zero-order valence-electron chi connectivity index (χ0n) is 11.4. The number of halogens is 2. The number of benzene rings is 2. The minimum absolute atomic E-state index is 0.0376. The van der Waals surface area contributed by atoms with Crippen molar-refractivity contribution in [1.82, 2.24) is 10.3 Å². The van der Waals surface area contributed by atoms with Crippen LogP contribution in [0.25, 0.3) is 0 Å². The Bertz CT molecular complexity index is 805. The largest absolute Gasteiger partial charge is 0.273 e. The summed E-state index contributed by atoms with van der Waals surface area (Å²) in [7, 11) is -3.86. The quantitative estimate of drug-likeness (QED) is 0.825. The number of hydrogen-bond acceptors (Lipinski definition) is 3. The van der Waals surface area contributed by atoms with Crippen LogP contribution in [0.15, 0.2) is 47.4 Å².